The maximum atomic E-state index is 12.0. The lowest BCUT2D eigenvalue weighted by Gasteiger charge is -2.18. The maximum Gasteiger partial charge on any atom is 0.224 e. The van der Waals surface area contributed by atoms with Gasteiger partial charge in [-0.15, -0.1) is 24.0 Å². The summed E-state index contributed by atoms with van der Waals surface area (Å²) < 4.78 is 0. The van der Waals surface area contributed by atoms with E-state index in [9.17, 15) is 4.79 Å². The Morgan fingerprint density at radius 3 is 2.44 bits per heavy atom. The Labute approximate surface area is 173 Å². The molecule has 0 aliphatic carbocycles. The number of amides is 1. The normalized spacial score (nSPS) is 10.8. The number of rotatable bonds is 9. The van der Waals surface area contributed by atoms with Gasteiger partial charge in [0.05, 0.1) is 6.54 Å². The van der Waals surface area contributed by atoms with Gasteiger partial charge in [0.25, 0.3) is 0 Å². The van der Waals surface area contributed by atoms with Crippen LogP contribution in [0, 0.1) is 0 Å². The van der Waals surface area contributed by atoms with E-state index in [0.29, 0.717) is 13.0 Å². The van der Waals surface area contributed by atoms with Crippen LogP contribution in [0.5, 0.6) is 0 Å². The number of hydrogen-bond acceptors (Lipinski definition) is 2. The summed E-state index contributed by atoms with van der Waals surface area (Å²) >= 11 is 6.16. The van der Waals surface area contributed by atoms with Crippen LogP contribution in [0.3, 0.4) is 0 Å². The van der Waals surface area contributed by atoms with Crippen molar-refractivity contribution in [3.63, 3.8) is 0 Å². The fourth-order valence-electron chi connectivity index (χ4n) is 2.36. The van der Waals surface area contributed by atoms with Gasteiger partial charge in [0.1, 0.15) is 0 Å². The SMILES string of the molecule is CCNC(=NCCC(=O)N(CC)CC)NCCc1ccccc1Cl.I. The molecule has 0 aliphatic rings. The van der Waals surface area contributed by atoms with E-state index in [0.717, 1.165) is 49.1 Å². The third-order valence-corrected chi connectivity index (χ3v) is 4.07. The lowest BCUT2D eigenvalue weighted by molar-refractivity contribution is -0.130. The number of hydrogen-bond donors (Lipinski definition) is 2. The molecule has 0 saturated heterocycles. The Hall–Kier alpha value is -1.02. The lowest BCUT2D eigenvalue weighted by Crippen LogP contribution is -2.38. The van der Waals surface area contributed by atoms with Gasteiger partial charge in [-0.05, 0) is 38.8 Å². The predicted octanol–water partition coefficient (Wildman–Crippen LogP) is 3.31. The van der Waals surface area contributed by atoms with Gasteiger partial charge in [0, 0.05) is 37.6 Å². The second kappa shape index (κ2) is 14.2. The molecule has 7 heteroatoms. The fourth-order valence-corrected chi connectivity index (χ4v) is 2.59. The molecular weight excluding hydrogens is 451 g/mol. The number of nitrogens with one attached hydrogen (secondary N) is 2. The molecule has 1 aromatic carbocycles. The van der Waals surface area contributed by atoms with E-state index >= 15 is 0 Å². The third-order valence-electron chi connectivity index (χ3n) is 3.70. The van der Waals surface area contributed by atoms with Gasteiger partial charge < -0.3 is 15.5 Å². The zero-order valence-corrected chi connectivity index (χ0v) is 18.4. The second-order valence-corrected chi connectivity index (χ2v) is 5.75. The molecule has 0 fully saturated rings. The van der Waals surface area contributed by atoms with Crippen LogP contribution in [-0.2, 0) is 11.2 Å². The van der Waals surface area contributed by atoms with Crippen molar-refractivity contribution in [1.82, 2.24) is 15.5 Å². The molecule has 142 valence electrons. The van der Waals surface area contributed by atoms with Crippen molar-refractivity contribution in [1.29, 1.82) is 0 Å². The highest BCUT2D eigenvalue weighted by Crippen LogP contribution is 2.14. The minimum Gasteiger partial charge on any atom is -0.357 e. The van der Waals surface area contributed by atoms with Crippen LogP contribution in [0.15, 0.2) is 29.3 Å². The quantitative estimate of drug-likeness (QED) is 0.324. The highest BCUT2D eigenvalue weighted by atomic mass is 127. The molecule has 0 atom stereocenters. The summed E-state index contributed by atoms with van der Waals surface area (Å²) in [4.78, 5) is 18.3. The van der Waals surface area contributed by atoms with E-state index in [1.165, 1.54) is 0 Å². The Bertz CT molecular complexity index is 536. The van der Waals surface area contributed by atoms with E-state index < -0.39 is 0 Å². The smallest absolute Gasteiger partial charge is 0.224 e. The van der Waals surface area contributed by atoms with Crippen LogP contribution in [0.25, 0.3) is 0 Å². The summed E-state index contributed by atoms with van der Waals surface area (Å²) in [6.07, 6.45) is 1.26. The molecule has 2 N–H and O–H groups in total. The molecule has 1 aromatic rings. The molecule has 0 heterocycles. The van der Waals surface area contributed by atoms with Gasteiger partial charge in [-0.25, -0.2) is 0 Å². The minimum absolute atomic E-state index is 0. The topological polar surface area (TPSA) is 56.7 Å². The Morgan fingerprint density at radius 1 is 1.16 bits per heavy atom. The first-order chi connectivity index (χ1) is 11.6. The van der Waals surface area contributed by atoms with Crippen LogP contribution < -0.4 is 10.6 Å². The lowest BCUT2D eigenvalue weighted by atomic mass is 10.1. The number of carbonyl (C=O) groups excluding carboxylic acids is 1. The van der Waals surface area contributed by atoms with Crippen molar-refractivity contribution in [2.75, 3.05) is 32.7 Å². The molecule has 0 bridgehead atoms. The van der Waals surface area contributed by atoms with E-state index in [2.05, 4.69) is 15.6 Å². The number of guanidine groups is 1. The summed E-state index contributed by atoms with van der Waals surface area (Å²) in [5, 5.41) is 7.26. The second-order valence-electron chi connectivity index (χ2n) is 5.34. The molecule has 0 aromatic heterocycles. The summed E-state index contributed by atoms with van der Waals surface area (Å²) in [5.74, 6) is 0.882. The molecule has 25 heavy (non-hydrogen) atoms. The van der Waals surface area contributed by atoms with Gasteiger partial charge in [0.15, 0.2) is 5.96 Å². The number of aliphatic imine (C=N–C) groups is 1. The molecule has 0 radical (unpaired) electrons. The molecule has 0 unspecified atom stereocenters. The van der Waals surface area contributed by atoms with Crippen molar-refractivity contribution < 1.29 is 4.79 Å². The largest absolute Gasteiger partial charge is 0.357 e. The number of benzene rings is 1. The first-order valence-corrected chi connectivity index (χ1v) is 9.03. The zero-order chi connectivity index (χ0) is 17.8. The highest BCUT2D eigenvalue weighted by Gasteiger charge is 2.08. The average molecular weight is 481 g/mol. The minimum atomic E-state index is 0. The highest BCUT2D eigenvalue weighted by molar-refractivity contribution is 14.0. The van der Waals surface area contributed by atoms with Crippen molar-refractivity contribution in [3.05, 3.63) is 34.9 Å². The molecule has 1 amide bonds. The first kappa shape index (κ1) is 24.0. The van der Waals surface area contributed by atoms with Crippen LogP contribution in [0.2, 0.25) is 5.02 Å². The molecule has 5 nitrogen and oxygen atoms in total. The molecule has 0 saturated carbocycles. The van der Waals surface area contributed by atoms with E-state index in [1.807, 2.05) is 49.9 Å². The molecule has 0 aliphatic heterocycles. The Morgan fingerprint density at radius 2 is 1.84 bits per heavy atom. The van der Waals surface area contributed by atoms with Crippen LogP contribution in [0.4, 0.5) is 0 Å². The Kier molecular flexibility index (Phi) is 13.6. The van der Waals surface area contributed by atoms with Gasteiger partial charge in [-0.2, -0.15) is 0 Å². The van der Waals surface area contributed by atoms with Crippen LogP contribution >= 0.6 is 35.6 Å². The van der Waals surface area contributed by atoms with Gasteiger partial charge in [0.2, 0.25) is 5.91 Å². The third kappa shape index (κ3) is 9.30. The predicted molar refractivity (Wildman–Crippen MR) is 117 cm³/mol. The van der Waals surface area contributed by atoms with Crippen LogP contribution in [0.1, 0.15) is 32.8 Å². The van der Waals surface area contributed by atoms with E-state index in [1.54, 1.807) is 0 Å². The van der Waals surface area contributed by atoms with Crippen molar-refractivity contribution in [2.24, 2.45) is 4.99 Å². The van der Waals surface area contributed by atoms with E-state index in [-0.39, 0.29) is 29.9 Å². The summed E-state index contributed by atoms with van der Waals surface area (Å²) in [6.45, 7) is 9.49. The summed E-state index contributed by atoms with van der Waals surface area (Å²) in [6, 6.07) is 7.84. The number of halogens is 2. The van der Waals surface area contributed by atoms with Gasteiger partial charge in [-0.3, -0.25) is 9.79 Å². The summed E-state index contributed by atoms with van der Waals surface area (Å²) in [7, 11) is 0. The first-order valence-electron chi connectivity index (χ1n) is 8.65. The Balaban J connectivity index is 0.00000576. The monoisotopic (exact) mass is 480 g/mol. The van der Waals surface area contributed by atoms with Crippen molar-refractivity contribution in [3.8, 4) is 0 Å². The van der Waals surface area contributed by atoms with Crippen molar-refractivity contribution >= 4 is 47.4 Å². The van der Waals surface area contributed by atoms with Crippen LogP contribution in [-0.4, -0.2) is 49.5 Å². The van der Waals surface area contributed by atoms with Gasteiger partial charge >= 0.3 is 0 Å². The summed E-state index contributed by atoms with van der Waals surface area (Å²) in [5.41, 5.74) is 1.11. The standard InChI is InChI=1S/C18H29ClN4O.HI/c1-4-20-18(22-14-12-17(24)23(5-2)6-3)21-13-11-15-9-7-8-10-16(15)19;/h7-10H,4-6,11-14H2,1-3H3,(H2,20,21,22);1H. The number of carbonyl (C=O) groups is 1. The van der Waals surface area contributed by atoms with Gasteiger partial charge in [-0.1, -0.05) is 29.8 Å². The number of nitrogens with zero attached hydrogens (tertiary/aromatic N) is 2. The average Bonchev–Trinajstić information content (AvgIpc) is 2.57. The molecular formula is C18H30ClIN4O. The zero-order valence-electron chi connectivity index (χ0n) is 15.3. The maximum absolute atomic E-state index is 12.0. The van der Waals surface area contributed by atoms with E-state index in [4.69, 9.17) is 11.6 Å². The van der Waals surface area contributed by atoms with Crippen molar-refractivity contribution in [2.45, 2.75) is 33.6 Å². The molecule has 0 spiro atoms. The fraction of sp³-hybridized carbons (Fsp3) is 0.556. The molecule has 1 rings (SSSR count).